The van der Waals surface area contributed by atoms with Gasteiger partial charge in [0.2, 0.25) is 10.4 Å². The summed E-state index contributed by atoms with van der Waals surface area (Å²) in [5.74, 6) is 0.109. The first-order valence-corrected chi connectivity index (χ1v) is 6.91. The Morgan fingerprint density at radius 3 is 3.00 bits per heavy atom. The number of aromatic nitrogens is 2. The number of nitrogens with zero attached hydrogens (tertiary/aromatic N) is 4. The maximum Gasteiger partial charge on any atom is 0.240 e. The van der Waals surface area contributed by atoms with Crippen molar-refractivity contribution in [2.45, 2.75) is 12.6 Å². The Kier molecular flexibility index (Phi) is 4.50. The zero-order valence-electron chi connectivity index (χ0n) is 10.4. The third-order valence-corrected chi connectivity index (χ3v) is 3.86. The fraction of sp³-hybridized carbons (Fsp3) is 0.700. The molecule has 1 aliphatic rings. The second-order valence-electron chi connectivity index (χ2n) is 4.37. The Balaban J connectivity index is 2.06. The monoisotopic (exact) mass is 289 g/mol. The maximum atomic E-state index is 12.1. The Bertz CT molecular complexity index is 424. The van der Waals surface area contributed by atoms with Crippen LogP contribution < -0.4 is 5.32 Å². The molecule has 1 aliphatic heterocycles. The van der Waals surface area contributed by atoms with Gasteiger partial charge in [0.05, 0.1) is 6.54 Å². The SMILES string of the molecule is CN(C)C(=O)C1CNCCN1Cc1nnc(Cl)s1. The molecule has 2 heterocycles. The van der Waals surface area contributed by atoms with Crippen LogP contribution in [0.15, 0.2) is 0 Å². The van der Waals surface area contributed by atoms with E-state index < -0.39 is 0 Å². The van der Waals surface area contributed by atoms with E-state index in [1.807, 2.05) is 0 Å². The summed E-state index contributed by atoms with van der Waals surface area (Å²) in [5, 5.41) is 11.9. The second kappa shape index (κ2) is 5.92. The van der Waals surface area contributed by atoms with Gasteiger partial charge in [-0.05, 0) is 11.6 Å². The van der Waals surface area contributed by atoms with Crippen molar-refractivity contribution in [3.63, 3.8) is 0 Å². The predicted molar refractivity (Wildman–Crippen MR) is 70.7 cm³/mol. The van der Waals surface area contributed by atoms with E-state index >= 15 is 0 Å². The Morgan fingerprint density at radius 2 is 2.39 bits per heavy atom. The first kappa shape index (κ1) is 13.7. The molecule has 0 saturated carbocycles. The molecule has 1 atom stereocenters. The standard InChI is InChI=1S/C10H16ClN5OS/c1-15(2)9(17)7-5-12-3-4-16(7)6-8-13-14-10(11)18-8/h7,12H,3-6H2,1-2H3. The molecule has 18 heavy (non-hydrogen) atoms. The van der Waals surface area contributed by atoms with Gasteiger partial charge in [0.25, 0.3) is 0 Å². The summed E-state index contributed by atoms with van der Waals surface area (Å²) in [4.78, 5) is 15.8. The molecule has 0 aliphatic carbocycles. The number of carbonyl (C=O) groups excluding carboxylic acids is 1. The van der Waals surface area contributed by atoms with Gasteiger partial charge in [-0.15, -0.1) is 10.2 Å². The smallest absolute Gasteiger partial charge is 0.240 e. The molecule has 6 nitrogen and oxygen atoms in total. The molecule has 1 aromatic rings. The number of hydrogen-bond donors (Lipinski definition) is 1. The van der Waals surface area contributed by atoms with Crippen molar-refractivity contribution in [3.05, 3.63) is 9.47 Å². The average molecular weight is 290 g/mol. The lowest BCUT2D eigenvalue weighted by molar-refractivity contribution is -0.135. The molecule has 1 fully saturated rings. The van der Waals surface area contributed by atoms with Crippen molar-refractivity contribution in [1.29, 1.82) is 0 Å². The molecule has 0 spiro atoms. The second-order valence-corrected chi connectivity index (χ2v) is 6.02. The number of nitrogens with one attached hydrogen (secondary N) is 1. The highest BCUT2D eigenvalue weighted by Crippen LogP contribution is 2.18. The quantitative estimate of drug-likeness (QED) is 0.852. The Labute approximate surface area is 115 Å². The molecule has 100 valence electrons. The van der Waals surface area contributed by atoms with E-state index in [0.29, 0.717) is 17.6 Å². The molecule has 2 rings (SSSR count). The predicted octanol–water partition coefficient (Wildman–Crippen LogP) is 0.0535. The van der Waals surface area contributed by atoms with Gasteiger partial charge in [0.15, 0.2) is 0 Å². The van der Waals surface area contributed by atoms with Gasteiger partial charge in [-0.2, -0.15) is 0 Å². The van der Waals surface area contributed by atoms with E-state index in [0.717, 1.165) is 18.1 Å². The normalized spacial score (nSPS) is 20.9. The van der Waals surface area contributed by atoms with E-state index in [9.17, 15) is 4.79 Å². The number of piperazine rings is 1. The molecule has 1 saturated heterocycles. The lowest BCUT2D eigenvalue weighted by Gasteiger charge is -2.35. The number of hydrogen-bond acceptors (Lipinski definition) is 6. The van der Waals surface area contributed by atoms with Gasteiger partial charge in [-0.3, -0.25) is 9.69 Å². The molecule has 1 N–H and O–H groups in total. The minimum absolute atomic E-state index is 0.109. The number of carbonyl (C=O) groups is 1. The van der Waals surface area contributed by atoms with Crippen molar-refractivity contribution < 1.29 is 4.79 Å². The topological polar surface area (TPSA) is 61.4 Å². The minimum Gasteiger partial charge on any atom is -0.347 e. The zero-order chi connectivity index (χ0) is 13.1. The van der Waals surface area contributed by atoms with Crippen LogP contribution in [-0.4, -0.2) is 65.7 Å². The minimum atomic E-state index is -0.142. The number of likely N-dealkylation sites (N-methyl/N-ethyl adjacent to an activating group) is 1. The van der Waals surface area contributed by atoms with E-state index in [-0.39, 0.29) is 11.9 Å². The van der Waals surface area contributed by atoms with E-state index in [2.05, 4.69) is 20.4 Å². The lowest BCUT2D eigenvalue weighted by atomic mass is 10.1. The van der Waals surface area contributed by atoms with Crippen molar-refractivity contribution >= 4 is 28.8 Å². The fourth-order valence-corrected chi connectivity index (χ4v) is 2.84. The fourth-order valence-electron chi connectivity index (χ4n) is 1.95. The van der Waals surface area contributed by atoms with Crippen LogP contribution in [0, 0.1) is 0 Å². The number of halogens is 1. The Morgan fingerprint density at radius 1 is 1.61 bits per heavy atom. The molecule has 1 amide bonds. The summed E-state index contributed by atoms with van der Waals surface area (Å²) in [6, 6.07) is -0.142. The van der Waals surface area contributed by atoms with E-state index in [1.54, 1.807) is 19.0 Å². The largest absolute Gasteiger partial charge is 0.347 e. The van der Waals surface area contributed by atoms with Crippen LogP contribution in [0.25, 0.3) is 0 Å². The molecule has 8 heteroatoms. The highest BCUT2D eigenvalue weighted by Gasteiger charge is 2.30. The van der Waals surface area contributed by atoms with Crippen LogP contribution in [0.4, 0.5) is 0 Å². The first-order valence-electron chi connectivity index (χ1n) is 5.71. The van der Waals surface area contributed by atoms with Gasteiger partial charge < -0.3 is 10.2 Å². The molecular weight excluding hydrogens is 274 g/mol. The molecule has 0 aromatic carbocycles. The maximum absolute atomic E-state index is 12.1. The summed E-state index contributed by atoms with van der Waals surface area (Å²) in [5.41, 5.74) is 0. The van der Waals surface area contributed by atoms with Crippen molar-refractivity contribution in [2.75, 3.05) is 33.7 Å². The highest BCUT2D eigenvalue weighted by atomic mass is 35.5. The zero-order valence-corrected chi connectivity index (χ0v) is 12.0. The molecule has 0 bridgehead atoms. The summed E-state index contributed by atoms with van der Waals surface area (Å²) in [6.07, 6.45) is 0. The number of rotatable bonds is 3. The Hall–Kier alpha value is -0.760. The van der Waals surface area contributed by atoms with Crippen LogP contribution in [0.1, 0.15) is 5.01 Å². The van der Waals surface area contributed by atoms with Crippen LogP contribution in [0.2, 0.25) is 4.47 Å². The van der Waals surface area contributed by atoms with Crippen LogP contribution in [-0.2, 0) is 11.3 Å². The van der Waals surface area contributed by atoms with Gasteiger partial charge in [0, 0.05) is 33.7 Å². The van der Waals surface area contributed by atoms with Crippen LogP contribution in [0.5, 0.6) is 0 Å². The first-order chi connectivity index (χ1) is 8.58. The van der Waals surface area contributed by atoms with Crippen LogP contribution in [0.3, 0.4) is 0 Å². The van der Waals surface area contributed by atoms with Crippen molar-refractivity contribution in [2.24, 2.45) is 0 Å². The lowest BCUT2D eigenvalue weighted by Crippen LogP contribution is -2.57. The summed E-state index contributed by atoms with van der Waals surface area (Å²) < 4.78 is 0.440. The van der Waals surface area contributed by atoms with E-state index in [4.69, 9.17) is 11.6 Å². The van der Waals surface area contributed by atoms with Gasteiger partial charge in [-0.25, -0.2) is 0 Å². The summed E-state index contributed by atoms with van der Waals surface area (Å²) in [7, 11) is 3.55. The van der Waals surface area contributed by atoms with Crippen molar-refractivity contribution in [1.82, 2.24) is 25.3 Å². The van der Waals surface area contributed by atoms with Crippen molar-refractivity contribution in [3.8, 4) is 0 Å². The van der Waals surface area contributed by atoms with E-state index in [1.165, 1.54) is 11.3 Å². The van der Waals surface area contributed by atoms with Gasteiger partial charge in [0.1, 0.15) is 11.0 Å². The molecule has 1 unspecified atom stereocenters. The highest BCUT2D eigenvalue weighted by molar-refractivity contribution is 7.15. The average Bonchev–Trinajstić information content (AvgIpc) is 2.74. The third-order valence-electron chi connectivity index (χ3n) is 2.86. The molecular formula is C10H16ClN5OS. The van der Waals surface area contributed by atoms with Gasteiger partial charge >= 0.3 is 0 Å². The summed E-state index contributed by atoms with van der Waals surface area (Å²) in [6.45, 7) is 2.99. The molecule has 0 radical (unpaired) electrons. The summed E-state index contributed by atoms with van der Waals surface area (Å²) >= 11 is 7.13. The third kappa shape index (κ3) is 3.17. The molecule has 1 aromatic heterocycles. The van der Waals surface area contributed by atoms with Gasteiger partial charge in [-0.1, -0.05) is 11.3 Å². The van der Waals surface area contributed by atoms with Crippen LogP contribution >= 0.6 is 22.9 Å². The number of amides is 1.